The monoisotopic (exact) mass is 272 g/mol. The second-order valence-electron chi connectivity index (χ2n) is 4.58. The molecule has 2 unspecified atom stereocenters. The van der Waals surface area contributed by atoms with E-state index in [2.05, 4.69) is 11.8 Å². The van der Waals surface area contributed by atoms with Gasteiger partial charge in [-0.05, 0) is 13.0 Å². The van der Waals surface area contributed by atoms with E-state index in [1.54, 1.807) is 0 Å². The highest BCUT2D eigenvalue weighted by molar-refractivity contribution is 7.99. The minimum absolute atomic E-state index is 0.165. The van der Waals surface area contributed by atoms with Crippen LogP contribution in [0.3, 0.4) is 0 Å². The Bertz CT molecular complexity index is 414. The summed E-state index contributed by atoms with van der Waals surface area (Å²) >= 11 is 1.90. The minimum atomic E-state index is -0.547. The predicted molar refractivity (Wildman–Crippen MR) is 71.6 cm³/mol. The zero-order chi connectivity index (χ0) is 13.1. The molecule has 0 amide bonds. The van der Waals surface area contributed by atoms with Gasteiger partial charge >= 0.3 is 0 Å². The molecule has 2 atom stereocenters. The van der Waals surface area contributed by atoms with E-state index < -0.39 is 11.6 Å². The van der Waals surface area contributed by atoms with Gasteiger partial charge in [-0.25, -0.2) is 8.78 Å². The normalized spacial score (nSPS) is 23.0. The second-order valence-corrected chi connectivity index (χ2v) is 5.73. The summed E-state index contributed by atoms with van der Waals surface area (Å²) in [6.45, 7) is 3.36. The van der Waals surface area contributed by atoms with Crippen LogP contribution in [0.5, 0.6) is 0 Å². The summed E-state index contributed by atoms with van der Waals surface area (Å²) in [6, 6.07) is 3.94. The average molecular weight is 272 g/mol. The smallest absolute Gasteiger partial charge is 0.130 e. The molecule has 1 aromatic rings. The molecule has 1 saturated heterocycles. The summed E-state index contributed by atoms with van der Waals surface area (Å²) in [6.07, 6.45) is 0. The van der Waals surface area contributed by atoms with Crippen LogP contribution < -0.4 is 5.73 Å². The number of hydrogen-bond acceptors (Lipinski definition) is 3. The van der Waals surface area contributed by atoms with Crippen molar-refractivity contribution in [1.29, 1.82) is 0 Å². The highest BCUT2D eigenvalue weighted by Gasteiger charge is 2.28. The van der Waals surface area contributed by atoms with Crippen LogP contribution in [-0.4, -0.2) is 35.5 Å². The first-order valence-corrected chi connectivity index (χ1v) is 7.27. The zero-order valence-electron chi connectivity index (χ0n) is 10.4. The number of halogens is 2. The van der Waals surface area contributed by atoms with Crippen molar-refractivity contribution >= 4 is 11.8 Å². The Morgan fingerprint density at radius 3 is 2.89 bits per heavy atom. The van der Waals surface area contributed by atoms with Crippen molar-refractivity contribution in [2.75, 3.05) is 24.6 Å². The van der Waals surface area contributed by atoms with E-state index in [1.807, 2.05) is 11.8 Å². The topological polar surface area (TPSA) is 29.3 Å². The predicted octanol–water partition coefficient (Wildman–Crippen LogP) is 2.40. The third kappa shape index (κ3) is 2.84. The van der Waals surface area contributed by atoms with E-state index in [1.165, 1.54) is 12.1 Å². The first-order valence-electron chi connectivity index (χ1n) is 6.12. The van der Waals surface area contributed by atoms with Crippen molar-refractivity contribution in [2.24, 2.45) is 5.73 Å². The highest BCUT2D eigenvalue weighted by atomic mass is 32.2. The second kappa shape index (κ2) is 5.99. The van der Waals surface area contributed by atoms with Gasteiger partial charge in [0.05, 0.1) is 6.04 Å². The molecular weight excluding hydrogens is 254 g/mol. The van der Waals surface area contributed by atoms with Crippen LogP contribution in [0.2, 0.25) is 0 Å². The summed E-state index contributed by atoms with van der Waals surface area (Å²) < 4.78 is 26.8. The molecule has 0 spiro atoms. The van der Waals surface area contributed by atoms with Crippen molar-refractivity contribution in [3.63, 3.8) is 0 Å². The maximum atomic E-state index is 13.8. The molecule has 2 rings (SSSR count). The van der Waals surface area contributed by atoms with Crippen molar-refractivity contribution in [3.8, 4) is 0 Å². The van der Waals surface area contributed by atoms with Crippen molar-refractivity contribution in [3.05, 3.63) is 35.4 Å². The molecule has 1 heterocycles. The molecule has 1 aliphatic rings. The molecule has 1 aliphatic heterocycles. The summed E-state index contributed by atoms with van der Waals surface area (Å²) in [7, 11) is 0. The lowest BCUT2D eigenvalue weighted by Crippen LogP contribution is -2.45. The van der Waals surface area contributed by atoms with Gasteiger partial charge in [-0.1, -0.05) is 6.07 Å². The number of thioether (sulfide) groups is 1. The van der Waals surface area contributed by atoms with Gasteiger partial charge in [0, 0.05) is 42.3 Å². The number of benzene rings is 1. The van der Waals surface area contributed by atoms with Crippen LogP contribution in [0.15, 0.2) is 18.2 Å². The largest absolute Gasteiger partial charge is 0.329 e. The molecule has 18 heavy (non-hydrogen) atoms. The number of nitrogens with two attached hydrogens (primary N) is 1. The maximum Gasteiger partial charge on any atom is 0.130 e. The molecule has 0 radical (unpaired) electrons. The minimum Gasteiger partial charge on any atom is -0.329 e. The lowest BCUT2D eigenvalue weighted by atomic mass is 10.0. The fourth-order valence-electron chi connectivity index (χ4n) is 2.42. The first kappa shape index (κ1) is 13.8. The fourth-order valence-corrected chi connectivity index (χ4v) is 3.45. The van der Waals surface area contributed by atoms with Gasteiger partial charge in [0.25, 0.3) is 0 Å². The number of nitrogens with zero attached hydrogens (tertiary/aromatic N) is 1. The Hall–Kier alpha value is -0.650. The molecule has 2 N–H and O–H groups in total. The van der Waals surface area contributed by atoms with Gasteiger partial charge < -0.3 is 5.73 Å². The quantitative estimate of drug-likeness (QED) is 0.916. The number of hydrogen-bond donors (Lipinski definition) is 1. The van der Waals surface area contributed by atoms with Crippen molar-refractivity contribution in [1.82, 2.24) is 4.90 Å². The summed E-state index contributed by atoms with van der Waals surface area (Å²) in [5, 5.41) is 0. The summed E-state index contributed by atoms with van der Waals surface area (Å²) in [4.78, 5) is 2.22. The summed E-state index contributed by atoms with van der Waals surface area (Å²) in [5.74, 6) is 1.01. The Morgan fingerprint density at radius 1 is 1.50 bits per heavy atom. The molecular formula is C13H18F2N2S. The SMILES string of the molecule is CC1CSCCN1C(CN)c1ccc(F)cc1F. The van der Waals surface area contributed by atoms with E-state index in [0.717, 1.165) is 24.1 Å². The lowest BCUT2D eigenvalue weighted by Gasteiger charge is -2.39. The van der Waals surface area contributed by atoms with E-state index in [-0.39, 0.29) is 6.04 Å². The van der Waals surface area contributed by atoms with Crippen molar-refractivity contribution in [2.45, 2.75) is 19.0 Å². The highest BCUT2D eigenvalue weighted by Crippen LogP contribution is 2.28. The Morgan fingerprint density at radius 2 is 2.28 bits per heavy atom. The standard InChI is InChI=1S/C13H18F2N2S/c1-9-8-18-5-4-17(9)13(7-16)11-3-2-10(14)6-12(11)15/h2-3,6,9,13H,4-5,7-8,16H2,1H3. The fraction of sp³-hybridized carbons (Fsp3) is 0.538. The third-order valence-corrected chi connectivity index (χ3v) is 4.55. The van der Waals surface area contributed by atoms with E-state index >= 15 is 0 Å². The summed E-state index contributed by atoms with van der Waals surface area (Å²) in [5.41, 5.74) is 6.29. The Labute approximate surface area is 111 Å². The molecule has 0 aromatic heterocycles. The van der Waals surface area contributed by atoms with Crippen LogP contribution in [-0.2, 0) is 0 Å². The third-order valence-electron chi connectivity index (χ3n) is 3.36. The van der Waals surface area contributed by atoms with Crippen LogP contribution >= 0.6 is 11.8 Å². The lowest BCUT2D eigenvalue weighted by molar-refractivity contribution is 0.162. The Kier molecular flexibility index (Phi) is 4.59. The van der Waals surface area contributed by atoms with Gasteiger partial charge in [0.15, 0.2) is 0 Å². The van der Waals surface area contributed by atoms with Crippen LogP contribution in [0.25, 0.3) is 0 Å². The van der Waals surface area contributed by atoms with E-state index in [0.29, 0.717) is 18.2 Å². The van der Waals surface area contributed by atoms with E-state index in [9.17, 15) is 8.78 Å². The molecule has 1 fully saturated rings. The molecule has 5 heteroatoms. The molecule has 1 aromatic carbocycles. The Balaban J connectivity index is 2.26. The molecule has 0 bridgehead atoms. The first-order chi connectivity index (χ1) is 8.63. The maximum absolute atomic E-state index is 13.8. The van der Waals surface area contributed by atoms with Crippen LogP contribution in [0, 0.1) is 11.6 Å². The molecule has 100 valence electrons. The zero-order valence-corrected chi connectivity index (χ0v) is 11.2. The van der Waals surface area contributed by atoms with Crippen molar-refractivity contribution < 1.29 is 8.78 Å². The number of rotatable bonds is 3. The van der Waals surface area contributed by atoms with Gasteiger partial charge in [-0.3, -0.25) is 4.90 Å². The van der Waals surface area contributed by atoms with Crippen LogP contribution in [0.4, 0.5) is 8.78 Å². The van der Waals surface area contributed by atoms with Gasteiger partial charge in [0.1, 0.15) is 11.6 Å². The van der Waals surface area contributed by atoms with E-state index in [4.69, 9.17) is 5.73 Å². The molecule has 0 aliphatic carbocycles. The molecule has 0 saturated carbocycles. The van der Waals surface area contributed by atoms with Gasteiger partial charge in [-0.2, -0.15) is 11.8 Å². The average Bonchev–Trinajstić information content (AvgIpc) is 2.34. The van der Waals surface area contributed by atoms with Gasteiger partial charge in [-0.15, -0.1) is 0 Å². The molecule has 2 nitrogen and oxygen atoms in total. The van der Waals surface area contributed by atoms with Gasteiger partial charge in [0.2, 0.25) is 0 Å². The van der Waals surface area contributed by atoms with Crippen LogP contribution in [0.1, 0.15) is 18.5 Å².